The normalized spacial score (nSPS) is 16.9. The average Bonchev–Trinajstić information content (AvgIpc) is 2.97. The van der Waals surface area contributed by atoms with Crippen molar-refractivity contribution in [3.8, 4) is 5.75 Å². The molecule has 1 unspecified atom stereocenters. The van der Waals surface area contributed by atoms with E-state index < -0.39 is 22.9 Å². The number of anilines is 2. The van der Waals surface area contributed by atoms with Gasteiger partial charge in [0.15, 0.2) is 0 Å². The molecule has 1 aromatic heterocycles. The number of nitrogens with one attached hydrogen (secondary N) is 3. The first-order valence-electron chi connectivity index (χ1n) is 13.9. The molecule has 2 aromatic carbocycles. The topological polar surface area (TPSA) is 139 Å². The van der Waals surface area contributed by atoms with E-state index in [0.29, 0.717) is 48.7 Å². The minimum atomic E-state index is -2.96. The second-order valence-corrected chi connectivity index (χ2v) is 12.2. The highest BCUT2D eigenvalue weighted by atomic mass is 32.3. The maximum absolute atomic E-state index is 13.6. The van der Waals surface area contributed by atoms with E-state index in [2.05, 4.69) is 20.9 Å². The Balaban J connectivity index is 1.52. The molecule has 4 rings (SSSR count). The van der Waals surface area contributed by atoms with Crippen LogP contribution < -0.4 is 25.0 Å². The van der Waals surface area contributed by atoms with Crippen molar-refractivity contribution < 1.29 is 23.7 Å². The number of methoxy groups -OCH3 is 1. The van der Waals surface area contributed by atoms with E-state index in [0.717, 1.165) is 29.8 Å². The molecule has 1 amide bonds. The third-order valence-corrected chi connectivity index (χ3v) is 8.92. The Morgan fingerprint density at radius 1 is 1.12 bits per heavy atom. The number of aromatic nitrogens is 1. The molecule has 11 heteroatoms. The molecule has 3 aromatic rings. The number of amides is 1. The molecule has 1 fully saturated rings. The number of aliphatic hydroxyl groups is 1. The smallest absolute Gasteiger partial charge is 0.251 e. The van der Waals surface area contributed by atoms with Gasteiger partial charge in [-0.3, -0.25) is 23.2 Å². The monoisotopic (exact) mass is 583 g/mol. The highest BCUT2D eigenvalue weighted by molar-refractivity contribution is 8.25. The zero-order valence-corrected chi connectivity index (χ0v) is 24.4. The third-order valence-electron chi connectivity index (χ3n) is 6.98. The molecule has 0 bridgehead atoms. The Labute approximate surface area is 243 Å². The van der Waals surface area contributed by atoms with Crippen LogP contribution in [0.3, 0.4) is 0 Å². The second-order valence-electron chi connectivity index (χ2n) is 10.1. The fourth-order valence-electron chi connectivity index (χ4n) is 4.87. The fourth-order valence-corrected chi connectivity index (χ4v) is 6.54. The molecule has 10 nitrogen and oxygen atoms in total. The minimum absolute atomic E-state index is 0.242. The summed E-state index contributed by atoms with van der Waals surface area (Å²) in [5.41, 5.74) is 3.40. The van der Waals surface area contributed by atoms with E-state index in [1.807, 2.05) is 55.5 Å². The van der Waals surface area contributed by atoms with Crippen LogP contribution in [0, 0.1) is 0 Å². The van der Waals surface area contributed by atoms with Crippen LogP contribution in [0.4, 0.5) is 11.4 Å². The first-order valence-corrected chi connectivity index (χ1v) is 15.6. The van der Waals surface area contributed by atoms with E-state index in [9.17, 15) is 19.0 Å². The Hall–Kier alpha value is -3.35. The Bertz CT molecular complexity index is 1280. The van der Waals surface area contributed by atoms with E-state index in [-0.39, 0.29) is 12.5 Å². The molecule has 2 heterocycles. The first-order chi connectivity index (χ1) is 19.8. The van der Waals surface area contributed by atoms with Crippen molar-refractivity contribution in [3.63, 3.8) is 0 Å². The van der Waals surface area contributed by atoms with Crippen LogP contribution in [-0.4, -0.2) is 69.7 Å². The molecular formula is C30H41N5O5S. The van der Waals surface area contributed by atoms with Gasteiger partial charge in [0, 0.05) is 55.7 Å². The summed E-state index contributed by atoms with van der Waals surface area (Å²) in [5, 5.41) is 20.7. The van der Waals surface area contributed by atoms with Crippen LogP contribution in [-0.2, 0) is 13.0 Å². The van der Waals surface area contributed by atoms with Crippen molar-refractivity contribution in [3.05, 3.63) is 83.7 Å². The number of nitrogens with zero attached hydrogens (tertiary/aromatic N) is 2. The molecule has 1 saturated heterocycles. The van der Waals surface area contributed by atoms with Gasteiger partial charge >= 0.3 is 0 Å². The predicted octanol–water partition coefficient (Wildman–Crippen LogP) is 4.28. The van der Waals surface area contributed by atoms with Crippen LogP contribution in [0.2, 0.25) is 0 Å². The molecule has 0 radical (unpaired) electrons. The lowest BCUT2D eigenvalue weighted by Gasteiger charge is -2.47. The quantitative estimate of drug-likeness (QED) is 0.174. The molecule has 1 aliphatic rings. The summed E-state index contributed by atoms with van der Waals surface area (Å²) in [6.07, 6.45) is 2.70. The van der Waals surface area contributed by atoms with Gasteiger partial charge in [-0.1, -0.05) is 18.2 Å². The summed E-state index contributed by atoms with van der Waals surface area (Å²) in [4.78, 5) is 18.0. The van der Waals surface area contributed by atoms with E-state index in [1.54, 1.807) is 29.7 Å². The third kappa shape index (κ3) is 8.57. The number of rotatable bonds is 13. The lowest BCUT2D eigenvalue weighted by molar-refractivity contribution is 0.0829. The number of hydrogen-bond donors (Lipinski definition) is 6. The summed E-state index contributed by atoms with van der Waals surface area (Å²) in [7, 11) is -1.34. The van der Waals surface area contributed by atoms with Crippen LogP contribution in [0.1, 0.15) is 41.4 Å². The fraction of sp³-hybridized carbons (Fsp3) is 0.400. The van der Waals surface area contributed by atoms with Gasteiger partial charge in [-0.05, 0) is 67.8 Å². The Morgan fingerprint density at radius 2 is 1.98 bits per heavy atom. The van der Waals surface area contributed by atoms with Crippen LogP contribution >= 0.6 is 10.8 Å². The average molecular weight is 584 g/mol. The summed E-state index contributed by atoms with van der Waals surface area (Å²) in [6, 6.07) is 17.9. The summed E-state index contributed by atoms with van der Waals surface area (Å²) >= 11 is 0. The number of aliphatic hydroxyl groups excluding tert-OH is 1. The molecule has 2 atom stereocenters. The largest absolute Gasteiger partial charge is 0.497 e. The van der Waals surface area contributed by atoms with Crippen LogP contribution in [0.15, 0.2) is 66.9 Å². The highest BCUT2D eigenvalue weighted by Gasteiger charge is 2.28. The number of hydrogen-bond acceptors (Lipinski definition) is 9. The van der Waals surface area contributed by atoms with Crippen molar-refractivity contribution in [2.45, 2.75) is 44.9 Å². The molecule has 0 aliphatic carbocycles. The number of carbonyl (C=O) groups excluding carboxylic acids is 1. The lowest BCUT2D eigenvalue weighted by atomic mass is 10.0. The molecule has 0 saturated carbocycles. The van der Waals surface area contributed by atoms with Gasteiger partial charge in [0.05, 0.1) is 30.7 Å². The molecule has 1 aliphatic heterocycles. The van der Waals surface area contributed by atoms with E-state index >= 15 is 0 Å². The molecule has 222 valence electrons. The summed E-state index contributed by atoms with van der Waals surface area (Å²) < 4.78 is 28.3. The summed E-state index contributed by atoms with van der Waals surface area (Å²) in [5.74, 6) is 0.698. The second kappa shape index (κ2) is 14.5. The molecule has 41 heavy (non-hydrogen) atoms. The van der Waals surface area contributed by atoms with Crippen molar-refractivity contribution in [2.24, 2.45) is 0 Å². The van der Waals surface area contributed by atoms with Gasteiger partial charge in [-0.15, -0.1) is 10.8 Å². The number of carbonyl (C=O) groups is 1. The number of pyridine rings is 1. The molecular weight excluding hydrogens is 542 g/mol. The van der Waals surface area contributed by atoms with Crippen molar-refractivity contribution in [1.29, 1.82) is 0 Å². The SMILES string of the molecule is CCNc1cc(C(=O)N[C@@H](Cc2ccccn2)C(O)CNCc2cccc(OC)c2)cc(N2CCCCS2(O)O)c1. The zero-order chi connectivity index (χ0) is 29.2. The van der Waals surface area contributed by atoms with Crippen molar-refractivity contribution in [2.75, 3.05) is 42.1 Å². The van der Waals surface area contributed by atoms with Crippen molar-refractivity contribution in [1.82, 2.24) is 15.6 Å². The van der Waals surface area contributed by atoms with Gasteiger partial charge in [-0.25, -0.2) is 0 Å². The highest BCUT2D eigenvalue weighted by Crippen LogP contribution is 2.50. The maximum Gasteiger partial charge on any atom is 0.251 e. The first kappa shape index (κ1) is 30.6. The Kier molecular flexibility index (Phi) is 10.8. The molecule has 0 spiro atoms. The van der Waals surface area contributed by atoms with Crippen LogP contribution in [0.25, 0.3) is 0 Å². The Morgan fingerprint density at radius 3 is 2.71 bits per heavy atom. The van der Waals surface area contributed by atoms with E-state index in [4.69, 9.17) is 4.74 Å². The predicted molar refractivity (Wildman–Crippen MR) is 165 cm³/mol. The number of benzene rings is 2. The number of ether oxygens (including phenoxy) is 1. The zero-order valence-electron chi connectivity index (χ0n) is 23.6. The van der Waals surface area contributed by atoms with Gasteiger partial charge < -0.3 is 25.8 Å². The molecule has 6 N–H and O–H groups in total. The standard InChI is InChI=1S/C30H41N5O5S/c1-3-32-25-16-23(17-26(18-25)35-13-6-7-14-41(35,38)39)30(37)34-28(19-24-10-4-5-12-33-24)29(36)21-31-20-22-9-8-11-27(15-22)40-2/h4-5,8-12,15-18,28-29,31-32,36,38-39H,3,6-7,13-14,19-21H2,1-2H3,(H,34,37)/t28-,29?/m0/s1. The van der Waals surface area contributed by atoms with Crippen LogP contribution in [0.5, 0.6) is 5.75 Å². The van der Waals surface area contributed by atoms with E-state index in [1.165, 1.54) is 0 Å². The van der Waals surface area contributed by atoms with Gasteiger partial charge in [-0.2, -0.15) is 0 Å². The minimum Gasteiger partial charge on any atom is -0.497 e. The summed E-state index contributed by atoms with van der Waals surface area (Å²) in [6.45, 7) is 3.86. The van der Waals surface area contributed by atoms with Gasteiger partial charge in [0.1, 0.15) is 5.75 Å². The van der Waals surface area contributed by atoms with Gasteiger partial charge in [0.25, 0.3) is 5.91 Å². The maximum atomic E-state index is 13.6. The van der Waals surface area contributed by atoms with Gasteiger partial charge in [0.2, 0.25) is 0 Å². The lowest BCUT2D eigenvalue weighted by Crippen LogP contribution is -2.48. The van der Waals surface area contributed by atoms with Crippen molar-refractivity contribution >= 4 is 28.1 Å².